The van der Waals surface area contributed by atoms with E-state index in [0.29, 0.717) is 36.4 Å². The van der Waals surface area contributed by atoms with Crippen LogP contribution < -0.4 is 15.4 Å². The van der Waals surface area contributed by atoms with Crippen molar-refractivity contribution in [3.63, 3.8) is 0 Å². The van der Waals surface area contributed by atoms with Crippen LogP contribution in [0.2, 0.25) is 0 Å². The number of unbranched alkanes of at least 4 members (excludes halogenated alkanes) is 1. The van der Waals surface area contributed by atoms with Crippen molar-refractivity contribution in [1.29, 1.82) is 0 Å². The standard InChI is InChI=1S/C32H47N3O5/c1-10-11-16-35(30(37)27(17-21(2)3)34-31(38)40-32(6,7)8)28(24-19-22(4)18-23(5)20-24)29(36)33-25-12-14-26(39-9)15-13-25/h12-15,18-21,27-28H,10-11,16-17H2,1-9H3,(H,33,36)(H,34,38). The summed E-state index contributed by atoms with van der Waals surface area (Å²) >= 11 is 0. The van der Waals surface area contributed by atoms with Gasteiger partial charge in [-0.2, -0.15) is 0 Å². The summed E-state index contributed by atoms with van der Waals surface area (Å²) in [5.41, 5.74) is 2.58. The summed E-state index contributed by atoms with van der Waals surface area (Å²) in [5.74, 6) is 0.139. The van der Waals surface area contributed by atoms with Gasteiger partial charge >= 0.3 is 6.09 Å². The number of aryl methyl sites for hydroxylation is 2. The van der Waals surface area contributed by atoms with Crippen LogP contribution in [0, 0.1) is 19.8 Å². The number of amides is 3. The van der Waals surface area contributed by atoms with Gasteiger partial charge in [-0.25, -0.2) is 4.79 Å². The molecule has 40 heavy (non-hydrogen) atoms. The Labute approximate surface area is 239 Å². The molecular formula is C32H47N3O5. The number of anilines is 1. The Hall–Kier alpha value is -3.55. The number of rotatable bonds is 12. The lowest BCUT2D eigenvalue weighted by atomic mass is 9.96. The first-order valence-corrected chi connectivity index (χ1v) is 14.1. The molecule has 0 aliphatic rings. The van der Waals surface area contributed by atoms with E-state index >= 15 is 0 Å². The minimum absolute atomic E-state index is 0.115. The van der Waals surface area contributed by atoms with Gasteiger partial charge in [0.1, 0.15) is 23.4 Å². The molecule has 0 aromatic heterocycles. The monoisotopic (exact) mass is 553 g/mol. The number of methoxy groups -OCH3 is 1. The van der Waals surface area contributed by atoms with Crippen LogP contribution in [0.5, 0.6) is 5.75 Å². The van der Waals surface area contributed by atoms with Gasteiger partial charge in [-0.15, -0.1) is 0 Å². The molecule has 0 fully saturated rings. The van der Waals surface area contributed by atoms with E-state index in [-0.39, 0.29) is 17.7 Å². The number of ether oxygens (including phenoxy) is 2. The zero-order chi connectivity index (χ0) is 30.0. The fourth-order valence-electron chi connectivity index (χ4n) is 4.56. The predicted molar refractivity (Wildman–Crippen MR) is 160 cm³/mol. The highest BCUT2D eigenvalue weighted by Crippen LogP contribution is 2.28. The van der Waals surface area contributed by atoms with E-state index in [0.717, 1.165) is 17.5 Å². The third-order valence-corrected chi connectivity index (χ3v) is 6.21. The number of hydrogen-bond donors (Lipinski definition) is 2. The van der Waals surface area contributed by atoms with Crippen LogP contribution in [-0.2, 0) is 14.3 Å². The van der Waals surface area contributed by atoms with Crippen molar-refractivity contribution >= 4 is 23.6 Å². The fourth-order valence-corrected chi connectivity index (χ4v) is 4.56. The number of nitrogens with zero attached hydrogens (tertiary/aromatic N) is 1. The van der Waals surface area contributed by atoms with Crippen molar-refractivity contribution in [2.75, 3.05) is 19.0 Å². The molecule has 8 heteroatoms. The molecule has 2 aromatic rings. The summed E-state index contributed by atoms with van der Waals surface area (Å²) in [4.78, 5) is 42.6. The molecule has 2 aromatic carbocycles. The SMILES string of the molecule is CCCCN(C(=O)C(CC(C)C)NC(=O)OC(C)(C)C)C(C(=O)Nc1ccc(OC)cc1)c1cc(C)cc(C)c1. The van der Waals surface area contributed by atoms with E-state index < -0.39 is 23.8 Å². The zero-order valence-corrected chi connectivity index (χ0v) is 25.6. The highest BCUT2D eigenvalue weighted by molar-refractivity contribution is 5.99. The van der Waals surface area contributed by atoms with Gasteiger partial charge in [-0.1, -0.05) is 56.5 Å². The molecule has 2 atom stereocenters. The van der Waals surface area contributed by atoms with Crippen molar-refractivity contribution in [2.45, 2.75) is 92.3 Å². The molecule has 0 aliphatic carbocycles. The summed E-state index contributed by atoms with van der Waals surface area (Å²) < 4.78 is 10.7. The Kier molecular flexibility index (Phi) is 12.0. The van der Waals surface area contributed by atoms with Gasteiger partial charge < -0.3 is 25.0 Å². The Bertz CT molecular complexity index is 1120. The number of carbonyl (C=O) groups excluding carboxylic acids is 3. The Morgan fingerprint density at radius 1 is 0.975 bits per heavy atom. The van der Waals surface area contributed by atoms with E-state index in [1.165, 1.54) is 0 Å². The molecule has 220 valence electrons. The highest BCUT2D eigenvalue weighted by atomic mass is 16.6. The van der Waals surface area contributed by atoms with E-state index in [1.807, 2.05) is 52.8 Å². The van der Waals surface area contributed by atoms with E-state index in [9.17, 15) is 14.4 Å². The molecule has 2 rings (SSSR count). The molecule has 2 N–H and O–H groups in total. The highest BCUT2D eigenvalue weighted by Gasteiger charge is 2.36. The van der Waals surface area contributed by atoms with Crippen LogP contribution in [-0.4, -0.2) is 48.1 Å². The predicted octanol–water partition coefficient (Wildman–Crippen LogP) is 6.56. The molecule has 0 aliphatic heterocycles. The lowest BCUT2D eigenvalue weighted by molar-refractivity contribution is -0.141. The Morgan fingerprint density at radius 3 is 2.08 bits per heavy atom. The van der Waals surface area contributed by atoms with Crippen LogP contribution in [0.4, 0.5) is 10.5 Å². The molecule has 0 spiro atoms. The molecular weight excluding hydrogens is 506 g/mol. The van der Waals surface area contributed by atoms with Crippen molar-refractivity contribution in [3.05, 3.63) is 59.2 Å². The zero-order valence-electron chi connectivity index (χ0n) is 25.6. The van der Waals surface area contributed by atoms with Crippen LogP contribution in [0.25, 0.3) is 0 Å². The third-order valence-electron chi connectivity index (χ3n) is 6.21. The molecule has 2 unspecified atom stereocenters. The maximum absolute atomic E-state index is 14.3. The molecule has 3 amide bonds. The summed E-state index contributed by atoms with van der Waals surface area (Å²) in [5, 5.41) is 5.79. The van der Waals surface area contributed by atoms with E-state index in [2.05, 4.69) is 10.6 Å². The Morgan fingerprint density at radius 2 is 1.57 bits per heavy atom. The topological polar surface area (TPSA) is 97.0 Å². The molecule has 0 heterocycles. The average Bonchev–Trinajstić information content (AvgIpc) is 2.84. The van der Waals surface area contributed by atoms with Crippen molar-refractivity contribution in [2.24, 2.45) is 5.92 Å². The van der Waals surface area contributed by atoms with Gasteiger partial charge in [0, 0.05) is 12.2 Å². The van der Waals surface area contributed by atoms with Crippen LogP contribution in [0.3, 0.4) is 0 Å². The van der Waals surface area contributed by atoms with Crippen molar-refractivity contribution in [1.82, 2.24) is 10.2 Å². The van der Waals surface area contributed by atoms with E-state index in [1.54, 1.807) is 57.0 Å². The van der Waals surface area contributed by atoms with Gasteiger partial charge in [0.2, 0.25) is 5.91 Å². The average molecular weight is 554 g/mol. The van der Waals surface area contributed by atoms with Crippen molar-refractivity contribution < 1.29 is 23.9 Å². The second-order valence-corrected chi connectivity index (χ2v) is 11.8. The molecule has 0 saturated heterocycles. The van der Waals surface area contributed by atoms with Gasteiger partial charge in [0.05, 0.1) is 7.11 Å². The number of carbonyl (C=O) groups is 3. The quantitative estimate of drug-likeness (QED) is 0.310. The molecule has 8 nitrogen and oxygen atoms in total. The van der Waals surface area contributed by atoms with Crippen molar-refractivity contribution in [3.8, 4) is 5.75 Å². The van der Waals surface area contributed by atoms with Gasteiger partial charge in [-0.3, -0.25) is 9.59 Å². The maximum atomic E-state index is 14.3. The molecule has 0 bridgehead atoms. The first kappa shape index (κ1) is 32.7. The summed E-state index contributed by atoms with van der Waals surface area (Å²) in [6.07, 6.45) is 1.27. The fraction of sp³-hybridized carbons (Fsp3) is 0.531. The normalized spacial score (nSPS) is 12.8. The van der Waals surface area contributed by atoms with E-state index in [4.69, 9.17) is 9.47 Å². The first-order valence-electron chi connectivity index (χ1n) is 14.1. The summed E-state index contributed by atoms with van der Waals surface area (Å²) in [6, 6.07) is 11.2. The first-order chi connectivity index (χ1) is 18.7. The summed E-state index contributed by atoms with van der Waals surface area (Å²) in [7, 11) is 1.58. The van der Waals surface area contributed by atoms with Gasteiger partial charge in [0.25, 0.3) is 5.91 Å². The Balaban J connectivity index is 2.56. The largest absolute Gasteiger partial charge is 0.497 e. The second kappa shape index (κ2) is 14.7. The number of benzene rings is 2. The molecule has 0 radical (unpaired) electrons. The van der Waals surface area contributed by atoms with Crippen LogP contribution in [0.15, 0.2) is 42.5 Å². The molecule has 0 saturated carbocycles. The maximum Gasteiger partial charge on any atom is 0.408 e. The van der Waals surface area contributed by atoms with Crippen LogP contribution in [0.1, 0.15) is 83.5 Å². The number of alkyl carbamates (subject to hydrolysis) is 1. The second-order valence-electron chi connectivity index (χ2n) is 11.8. The minimum Gasteiger partial charge on any atom is -0.497 e. The number of hydrogen-bond acceptors (Lipinski definition) is 5. The third kappa shape index (κ3) is 10.2. The summed E-state index contributed by atoms with van der Waals surface area (Å²) in [6.45, 7) is 15.6. The van der Waals surface area contributed by atoms with Gasteiger partial charge in [0.15, 0.2) is 0 Å². The van der Waals surface area contributed by atoms with Gasteiger partial charge in [-0.05, 0) is 83.2 Å². The lowest BCUT2D eigenvalue weighted by Crippen LogP contribution is -2.53. The number of nitrogens with one attached hydrogen (secondary N) is 2. The lowest BCUT2D eigenvalue weighted by Gasteiger charge is -2.35. The smallest absolute Gasteiger partial charge is 0.408 e. The minimum atomic E-state index is -0.908. The van der Waals surface area contributed by atoms with Crippen LogP contribution >= 0.6 is 0 Å².